The average Bonchev–Trinajstić information content (AvgIpc) is 2.74. The minimum Gasteiger partial charge on any atom is -0.356 e. The van der Waals surface area contributed by atoms with Crippen molar-refractivity contribution in [1.29, 1.82) is 0 Å². The van der Waals surface area contributed by atoms with Gasteiger partial charge in [-0.25, -0.2) is 0 Å². The van der Waals surface area contributed by atoms with Crippen LogP contribution in [0.25, 0.3) is 11.4 Å². The van der Waals surface area contributed by atoms with E-state index in [1.54, 1.807) is 6.07 Å². The van der Waals surface area contributed by atoms with Crippen LogP contribution in [0.15, 0.2) is 24.3 Å². The summed E-state index contributed by atoms with van der Waals surface area (Å²) >= 11 is 1.13. The summed E-state index contributed by atoms with van der Waals surface area (Å²) in [6.45, 7) is 5.91. The largest absolute Gasteiger partial charge is 0.416 e. The van der Waals surface area contributed by atoms with Crippen LogP contribution in [-0.4, -0.2) is 14.9 Å². The van der Waals surface area contributed by atoms with Crippen LogP contribution in [-0.2, 0) is 6.18 Å². The van der Waals surface area contributed by atoms with Gasteiger partial charge < -0.3 is 5.32 Å². The third-order valence-corrected chi connectivity index (χ3v) is 2.99. The van der Waals surface area contributed by atoms with Crippen molar-refractivity contribution in [3.63, 3.8) is 0 Å². The maximum absolute atomic E-state index is 12.7. The molecule has 1 heterocycles. The van der Waals surface area contributed by atoms with Crippen LogP contribution in [0.5, 0.6) is 0 Å². The molecule has 7 heteroatoms. The Balaban J connectivity index is 2.29. The molecule has 3 nitrogen and oxygen atoms in total. The Kier molecular flexibility index (Phi) is 3.73. The standard InChI is InChI=1S/C13H14F3N3S/c1-12(2,3)18-11-17-10(19-20-11)8-5-4-6-9(7-8)13(14,15)16/h4-7H,1-3H3,(H,17,18,19). The minimum atomic E-state index is -4.36. The molecule has 108 valence electrons. The highest BCUT2D eigenvalue weighted by atomic mass is 32.1. The van der Waals surface area contributed by atoms with Gasteiger partial charge >= 0.3 is 6.18 Å². The monoisotopic (exact) mass is 301 g/mol. The summed E-state index contributed by atoms with van der Waals surface area (Å²) in [5.74, 6) is 0.299. The van der Waals surface area contributed by atoms with E-state index in [1.165, 1.54) is 6.07 Å². The van der Waals surface area contributed by atoms with E-state index >= 15 is 0 Å². The molecule has 20 heavy (non-hydrogen) atoms. The van der Waals surface area contributed by atoms with Crippen molar-refractivity contribution in [2.45, 2.75) is 32.5 Å². The average molecular weight is 301 g/mol. The fourth-order valence-electron chi connectivity index (χ4n) is 1.55. The van der Waals surface area contributed by atoms with Gasteiger partial charge in [0.05, 0.1) is 5.56 Å². The number of hydrogen-bond donors (Lipinski definition) is 1. The number of rotatable bonds is 2. The van der Waals surface area contributed by atoms with Crippen LogP contribution < -0.4 is 5.32 Å². The second kappa shape index (κ2) is 5.05. The first-order valence-electron chi connectivity index (χ1n) is 5.95. The van der Waals surface area contributed by atoms with Gasteiger partial charge in [0.15, 0.2) is 5.82 Å². The van der Waals surface area contributed by atoms with E-state index < -0.39 is 11.7 Å². The molecule has 0 fully saturated rings. The molecule has 0 spiro atoms. The highest BCUT2D eigenvalue weighted by Gasteiger charge is 2.30. The number of nitrogens with one attached hydrogen (secondary N) is 1. The van der Waals surface area contributed by atoms with E-state index in [-0.39, 0.29) is 5.54 Å². The van der Waals surface area contributed by atoms with Crippen molar-refractivity contribution in [1.82, 2.24) is 9.36 Å². The van der Waals surface area contributed by atoms with E-state index in [9.17, 15) is 13.2 Å². The Hall–Kier alpha value is -1.63. The van der Waals surface area contributed by atoms with Crippen LogP contribution in [0.2, 0.25) is 0 Å². The molecule has 0 unspecified atom stereocenters. The first-order chi connectivity index (χ1) is 9.15. The molecule has 0 amide bonds. The first-order valence-corrected chi connectivity index (χ1v) is 6.72. The number of alkyl halides is 3. The van der Waals surface area contributed by atoms with Crippen molar-refractivity contribution in [2.24, 2.45) is 0 Å². The van der Waals surface area contributed by atoms with Crippen LogP contribution in [0.4, 0.5) is 18.3 Å². The number of anilines is 1. The van der Waals surface area contributed by atoms with Gasteiger partial charge in [0.25, 0.3) is 0 Å². The molecule has 0 atom stereocenters. The quantitative estimate of drug-likeness (QED) is 0.891. The van der Waals surface area contributed by atoms with Crippen LogP contribution in [0, 0.1) is 0 Å². The van der Waals surface area contributed by atoms with Gasteiger partial charge in [-0.2, -0.15) is 22.5 Å². The van der Waals surface area contributed by atoms with Crippen molar-refractivity contribution in [2.75, 3.05) is 5.32 Å². The Morgan fingerprint density at radius 3 is 2.45 bits per heavy atom. The lowest BCUT2D eigenvalue weighted by atomic mass is 10.1. The molecule has 2 aromatic rings. The molecule has 0 radical (unpaired) electrons. The second-order valence-electron chi connectivity index (χ2n) is 5.38. The third kappa shape index (κ3) is 3.69. The highest BCUT2D eigenvalue weighted by Crippen LogP contribution is 2.32. The Morgan fingerprint density at radius 1 is 1.15 bits per heavy atom. The maximum atomic E-state index is 12.7. The molecular formula is C13H14F3N3S. The number of nitrogens with zero attached hydrogens (tertiary/aromatic N) is 2. The number of benzene rings is 1. The van der Waals surface area contributed by atoms with Gasteiger partial charge in [-0.15, -0.1) is 0 Å². The molecule has 1 aromatic carbocycles. The van der Waals surface area contributed by atoms with E-state index in [2.05, 4.69) is 14.7 Å². The summed E-state index contributed by atoms with van der Waals surface area (Å²) in [6.07, 6.45) is -4.36. The fourth-order valence-corrected chi connectivity index (χ4v) is 2.35. The predicted octanol–water partition coefficient (Wildman–Crippen LogP) is 4.43. The topological polar surface area (TPSA) is 37.8 Å². The zero-order valence-corrected chi connectivity index (χ0v) is 12.1. The number of hydrogen-bond acceptors (Lipinski definition) is 4. The van der Waals surface area contributed by atoms with Crippen LogP contribution in [0.1, 0.15) is 26.3 Å². The molecule has 1 N–H and O–H groups in total. The highest BCUT2D eigenvalue weighted by molar-refractivity contribution is 7.09. The van der Waals surface area contributed by atoms with Gasteiger partial charge in [0, 0.05) is 22.6 Å². The maximum Gasteiger partial charge on any atom is 0.416 e. The summed E-state index contributed by atoms with van der Waals surface area (Å²) in [4.78, 5) is 4.22. The van der Waals surface area contributed by atoms with Crippen molar-refractivity contribution < 1.29 is 13.2 Å². The summed E-state index contributed by atoms with van der Waals surface area (Å²) in [7, 11) is 0. The molecular weight excluding hydrogens is 287 g/mol. The Labute approximate surface area is 119 Å². The van der Waals surface area contributed by atoms with Crippen LogP contribution in [0.3, 0.4) is 0 Å². The number of halogens is 3. The van der Waals surface area contributed by atoms with Crippen LogP contribution >= 0.6 is 11.5 Å². The lowest BCUT2D eigenvalue weighted by molar-refractivity contribution is -0.137. The van der Waals surface area contributed by atoms with E-state index in [0.29, 0.717) is 16.5 Å². The van der Waals surface area contributed by atoms with Crippen molar-refractivity contribution in [3.05, 3.63) is 29.8 Å². The van der Waals surface area contributed by atoms with Gasteiger partial charge in [-0.05, 0) is 32.9 Å². The smallest absolute Gasteiger partial charge is 0.356 e. The normalized spacial score (nSPS) is 12.5. The molecule has 0 saturated carbocycles. The molecule has 2 rings (SSSR count). The molecule has 0 bridgehead atoms. The fraction of sp³-hybridized carbons (Fsp3) is 0.385. The van der Waals surface area contributed by atoms with Gasteiger partial charge in [-0.3, -0.25) is 0 Å². The van der Waals surface area contributed by atoms with E-state index in [0.717, 1.165) is 23.7 Å². The molecule has 0 aliphatic rings. The predicted molar refractivity (Wildman–Crippen MR) is 73.7 cm³/mol. The third-order valence-electron chi connectivity index (χ3n) is 2.36. The second-order valence-corrected chi connectivity index (χ2v) is 6.13. The molecule has 0 saturated heterocycles. The summed E-state index contributed by atoms with van der Waals surface area (Å²) < 4.78 is 42.1. The van der Waals surface area contributed by atoms with E-state index in [4.69, 9.17) is 0 Å². The summed E-state index contributed by atoms with van der Waals surface area (Å²) in [5.41, 5.74) is -0.516. The Morgan fingerprint density at radius 2 is 1.85 bits per heavy atom. The minimum absolute atomic E-state index is 0.176. The molecule has 1 aromatic heterocycles. The zero-order chi connectivity index (χ0) is 15.0. The van der Waals surface area contributed by atoms with Gasteiger partial charge in [-0.1, -0.05) is 12.1 Å². The summed E-state index contributed by atoms with van der Waals surface area (Å²) in [5, 5.41) is 3.73. The number of aromatic nitrogens is 2. The van der Waals surface area contributed by atoms with Gasteiger partial charge in [0.1, 0.15) is 0 Å². The van der Waals surface area contributed by atoms with E-state index in [1.807, 2.05) is 20.8 Å². The summed E-state index contributed by atoms with van der Waals surface area (Å²) in [6, 6.07) is 5.02. The van der Waals surface area contributed by atoms with Gasteiger partial charge in [0.2, 0.25) is 5.13 Å². The molecule has 0 aliphatic carbocycles. The molecule has 0 aliphatic heterocycles. The lowest BCUT2D eigenvalue weighted by Crippen LogP contribution is -2.25. The van der Waals surface area contributed by atoms with Crippen molar-refractivity contribution >= 4 is 16.7 Å². The Bertz CT molecular complexity index is 599. The SMILES string of the molecule is CC(C)(C)Nc1nc(-c2cccc(C(F)(F)F)c2)ns1. The van der Waals surface area contributed by atoms with Crippen molar-refractivity contribution in [3.8, 4) is 11.4 Å². The first kappa shape index (κ1) is 14.8. The zero-order valence-electron chi connectivity index (χ0n) is 11.2. The lowest BCUT2D eigenvalue weighted by Gasteiger charge is -2.18.